The third kappa shape index (κ3) is 4.70. The Hall–Kier alpha value is -2.42. The Morgan fingerprint density at radius 2 is 1.79 bits per heavy atom. The lowest BCUT2D eigenvalue weighted by atomic mass is 10.1. The van der Waals surface area contributed by atoms with Crippen molar-refractivity contribution in [2.45, 2.75) is 19.6 Å². The molecular weight excluding hydrogens is 402 g/mol. The fourth-order valence-electron chi connectivity index (χ4n) is 2.75. The van der Waals surface area contributed by atoms with Crippen molar-refractivity contribution in [3.05, 3.63) is 53.7 Å². The summed E-state index contributed by atoms with van der Waals surface area (Å²) in [6, 6.07) is 8.99. The average Bonchev–Trinajstić information content (AvgIpc) is 3.04. The van der Waals surface area contributed by atoms with E-state index in [9.17, 15) is 8.76 Å². The fourth-order valence-corrected chi connectivity index (χ4v) is 3.41. The molecule has 148 valence electrons. The topological polar surface area (TPSA) is 89.3 Å². The molecule has 0 aliphatic carbocycles. The average molecular weight is 421 g/mol. The summed E-state index contributed by atoms with van der Waals surface area (Å²) < 4.78 is 34.8. The summed E-state index contributed by atoms with van der Waals surface area (Å²) in [4.78, 5) is 8.41. The molecule has 3 aromatic rings. The second-order valence-electron chi connectivity index (χ2n) is 5.77. The van der Waals surface area contributed by atoms with Gasteiger partial charge in [-0.3, -0.25) is 13.8 Å². The first-order valence-electron chi connectivity index (χ1n) is 8.66. The van der Waals surface area contributed by atoms with Gasteiger partial charge in [0.1, 0.15) is 17.8 Å². The van der Waals surface area contributed by atoms with Crippen LogP contribution in [-0.4, -0.2) is 36.5 Å². The normalized spacial score (nSPS) is 12.0. The number of pyridine rings is 1. The first-order valence-corrected chi connectivity index (χ1v) is 10.3. The van der Waals surface area contributed by atoms with Crippen LogP contribution in [0.3, 0.4) is 0 Å². The van der Waals surface area contributed by atoms with Crippen molar-refractivity contribution in [3.63, 3.8) is 0 Å². The molecule has 3 rings (SSSR count). The second kappa shape index (κ2) is 9.18. The highest BCUT2D eigenvalue weighted by molar-refractivity contribution is 7.78. The van der Waals surface area contributed by atoms with Gasteiger partial charge in [0, 0.05) is 11.6 Å². The van der Waals surface area contributed by atoms with Crippen molar-refractivity contribution < 1.29 is 18.2 Å². The highest BCUT2D eigenvalue weighted by Gasteiger charge is 2.16. The van der Waals surface area contributed by atoms with E-state index in [0.29, 0.717) is 46.9 Å². The van der Waals surface area contributed by atoms with Gasteiger partial charge in [-0.05, 0) is 49.2 Å². The Labute approximate surface area is 170 Å². The molecule has 0 spiro atoms. The highest BCUT2D eigenvalue weighted by atomic mass is 35.5. The lowest BCUT2D eigenvalue weighted by Gasteiger charge is -2.13. The summed E-state index contributed by atoms with van der Waals surface area (Å²) in [5.41, 5.74) is 2.60. The van der Waals surface area contributed by atoms with E-state index in [0.717, 1.165) is 5.56 Å². The second-order valence-corrected chi connectivity index (χ2v) is 7.02. The number of hydrogen-bond donors (Lipinski definition) is 0. The van der Waals surface area contributed by atoms with E-state index in [2.05, 4.69) is 9.97 Å². The Bertz CT molecular complexity index is 952. The van der Waals surface area contributed by atoms with Crippen LogP contribution in [0.25, 0.3) is 16.9 Å². The molecule has 0 bridgehead atoms. The van der Waals surface area contributed by atoms with Crippen LogP contribution in [0, 0.1) is 0 Å². The van der Waals surface area contributed by atoms with Gasteiger partial charge in [0.15, 0.2) is 5.15 Å². The predicted octanol–water partition coefficient (Wildman–Crippen LogP) is 3.76. The number of rotatable bonds is 8. The summed E-state index contributed by atoms with van der Waals surface area (Å²) in [6.45, 7) is 4.86. The van der Waals surface area contributed by atoms with Crippen LogP contribution in [0.5, 0.6) is 11.5 Å². The van der Waals surface area contributed by atoms with Crippen LogP contribution in [-0.2, 0) is 16.8 Å². The van der Waals surface area contributed by atoms with Crippen molar-refractivity contribution in [2.75, 3.05) is 13.2 Å². The predicted molar refractivity (Wildman–Crippen MR) is 107 cm³/mol. The number of hydrogen-bond acceptors (Lipinski definition) is 6. The molecule has 0 saturated heterocycles. The van der Waals surface area contributed by atoms with Crippen LogP contribution in [0.2, 0.25) is 5.15 Å². The maximum atomic E-state index is 10.8. The van der Waals surface area contributed by atoms with Crippen molar-refractivity contribution in [1.82, 2.24) is 14.5 Å². The van der Waals surface area contributed by atoms with Crippen molar-refractivity contribution in [1.29, 1.82) is 0 Å². The largest absolute Gasteiger partial charge is 0.772 e. The quantitative estimate of drug-likeness (QED) is 0.515. The summed E-state index contributed by atoms with van der Waals surface area (Å²) >= 11 is 4.19. The third-order valence-electron chi connectivity index (χ3n) is 3.85. The summed E-state index contributed by atoms with van der Waals surface area (Å²) in [5.74, 6) is 1.20. The maximum Gasteiger partial charge on any atom is 0.155 e. The minimum atomic E-state index is -2.19. The van der Waals surface area contributed by atoms with Crippen LogP contribution in [0.1, 0.15) is 19.5 Å². The van der Waals surface area contributed by atoms with Crippen molar-refractivity contribution in [3.8, 4) is 28.4 Å². The maximum absolute atomic E-state index is 10.8. The summed E-state index contributed by atoms with van der Waals surface area (Å²) in [5, 5.41) is 0.320. The van der Waals surface area contributed by atoms with Crippen LogP contribution < -0.4 is 9.47 Å². The molecule has 1 unspecified atom stereocenters. The van der Waals surface area contributed by atoms with Gasteiger partial charge in [-0.15, -0.1) is 0 Å². The molecule has 28 heavy (non-hydrogen) atoms. The van der Waals surface area contributed by atoms with Crippen LogP contribution in [0.4, 0.5) is 0 Å². The van der Waals surface area contributed by atoms with Gasteiger partial charge < -0.3 is 14.0 Å². The van der Waals surface area contributed by atoms with Gasteiger partial charge in [0.25, 0.3) is 0 Å². The van der Waals surface area contributed by atoms with Gasteiger partial charge in [-0.1, -0.05) is 11.6 Å². The first-order chi connectivity index (χ1) is 13.5. The minimum absolute atomic E-state index is 0.133. The minimum Gasteiger partial charge on any atom is -0.772 e. The molecule has 2 heterocycles. The molecule has 0 aliphatic heterocycles. The number of benzene rings is 1. The molecule has 0 radical (unpaired) electrons. The Morgan fingerprint density at radius 3 is 2.32 bits per heavy atom. The molecule has 1 atom stereocenters. The summed E-state index contributed by atoms with van der Waals surface area (Å²) in [6.07, 6.45) is 3.17. The van der Waals surface area contributed by atoms with E-state index >= 15 is 0 Å². The molecule has 1 aromatic carbocycles. The van der Waals surface area contributed by atoms with E-state index in [-0.39, 0.29) is 5.75 Å². The fraction of sp³-hybridized carbons (Fsp3) is 0.263. The zero-order valence-electron chi connectivity index (χ0n) is 15.4. The molecule has 0 aliphatic rings. The molecule has 0 N–H and O–H groups in total. The zero-order valence-corrected chi connectivity index (χ0v) is 17.0. The third-order valence-corrected chi connectivity index (χ3v) is 4.66. The number of nitrogens with zero attached hydrogens (tertiary/aromatic N) is 3. The Balaban J connectivity index is 2.04. The Morgan fingerprint density at radius 1 is 1.11 bits per heavy atom. The van der Waals surface area contributed by atoms with Gasteiger partial charge in [-0.2, -0.15) is 0 Å². The molecule has 7 nitrogen and oxygen atoms in total. The van der Waals surface area contributed by atoms with E-state index in [1.54, 1.807) is 29.2 Å². The van der Waals surface area contributed by atoms with Gasteiger partial charge >= 0.3 is 0 Å². The van der Waals surface area contributed by atoms with E-state index in [1.165, 1.54) is 0 Å². The summed E-state index contributed by atoms with van der Waals surface area (Å²) in [7, 11) is 0. The molecule has 0 amide bonds. The monoisotopic (exact) mass is 420 g/mol. The number of imidazole rings is 1. The van der Waals surface area contributed by atoms with Crippen LogP contribution >= 0.6 is 11.6 Å². The molecular formula is C19H19ClN3O4S-. The Kier molecular flexibility index (Phi) is 6.66. The standard InChI is InChI=1S/C19H20ClN3O4S/c1-3-26-16-7-13(8-17(9-16)27-4-2)18-19(20)22-12-23(18)15-6-5-14(21-10-15)11-28(24)25/h5-10,12H,3-4,11H2,1-2H3,(H,24,25)/p-1. The van der Waals surface area contributed by atoms with Gasteiger partial charge in [0.05, 0.1) is 42.2 Å². The molecule has 9 heteroatoms. The molecule has 2 aromatic heterocycles. The van der Waals surface area contributed by atoms with Gasteiger partial charge in [-0.25, -0.2) is 4.98 Å². The first kappa shape index (κ1) is 20.3. The lowest BCUT2D eigenvalue weighted by Crippen LogP contribution is -2.01. The zero-order chi connectivity index (χ0) is 20.1. The molecule has 0 fully saturated rings. The molecule has 0 saturated carbocycles. The van der Waals surface area contributed by atoms with Crippen LogP contribution in [0.15, 0.2) is 42.9 Å². The number of aromatic nitrogens is 3. The van der Waals surface area contributed by atoms with Crippen molar-refractivity contribution in [2.24, 2.45) is 0 Å². The SMILES string of the molecule is CCOc1cc(OCC)cc(-c2c(Cl)ncn2-c2ccc(CS(=O)[O-])nc2)c1. The van der Waals surface area contributed by atoms with E-state index in [1.807, 2.05) is 32.0 Å². The smallest absolute Gasteiger partial charge is 0.155 e. The van der Waals surface area contributed by atoms with E-state index in [4.69, 9.17) is 21.1 Å². The highest BCUT2D eigenvalue weighted by Crippen LogP contribution is 2.35. The number of ether oxygens (including phenoxy) is 2. The van der Waals surface area contributed by atoms with E-state index < -0.39 is 11.1 Å². The van der Waals surface area contributed by atoms with Crippen molar-refractivity contribution >= 4 is 22.7 Å². The van der Waals surface area contributed by atoms with Gasteiger partial charge in [0.2, 0.25) is 0 Å². The number of halogens is 1. The lowest BCUT2D eigenvalue weighted by molar-refractivity contribution is 0.323.